The SMILES string of the molecule is CCOc1ccc2oc(C(=O)O[C@H](C)C(=O)Nc3sccc3C(N)=O)c(C)c2c1. The monoisotopic (exact) mass is 416 g/mol. The van der Waals surface area contributed by atoms with Crippen LogP contribution in [0, 0.1) is 6.92 Å². The van der Waals surface area contributed by atoms with Gasteiger partial charge in [-0.1, -0.05) is 0 Å². The van der Waals surface area contributed by atoms with Gasteiger partial charge in [-0.2, -0.15) is 0 Å². The Balaban J connectivity index is 1.73. The maximum Gasteiger partial charge on any atom is 0.375 e. The first-order valence-electron chi connectivity index (χ1n) is 8.86. The summed E-state index contributed by atoms with van der Waals surface area (Å²) in [5.74, 6) is -1.33. The van der Waals surface area contributed by atoms with Crippen molar-refractivity contribution in [3.63, 3.8) is 0 Å². The molecular formula is C20H20N2O6S. The molecule has 0 saturated carbocycles. The zero-order chi connectivity index (χ0) is 21.1. The zero-order valence-corrected chi connectivity index (χ0v) is 16.9. The summed E-state index contributed by atoms with van der Waals surface area (Å²) in [5.41, 5.74) is 6.56. The molecule has 0 aliphatic carbocycles. The molecule has 0 aliphatic rings. The van der Waals surface area contributed by atoms with Crippen molar-refractivity contribution in [2.75, 3.05) is 11.9 Å². The van der Waals surface area contributed by atoms with Crippen LogP contribution in [0.3, 0.4) is 0 Å². The molecule has 0 saturated heterocycles. The Bertz CT molecular complexity index is 1080. The lowest BCUT2D eigenvalue weighted by Crippen LogP contribution is -2.30. The Morgan fingerprint density at radius 2 is 2.03 bits per heavy atom. The van der Waals surface area contributed by atoms with Gasteiger partial charge in [0.2, 0.25) is 5.76 Å². The molecule has 0 aliphatic heterocycles. The third-order valence-electron chi connectivity index (χ3n) is 4.22. The highest BCUT2D eigenvalue weighted by Crippen LogP contribution is 2.29. The van der Waals surface area contributed by atoms with Gasteiger partial charge in [-0.25, -0.2) is 4.79 Å². The number of anilines is 1. The maximum absolute atomic E-state index is 12.5. The fourth-order valence-corrected chi connectivity index (χ4v) is 3.53. The minimum Gasteiger partial charge on any atom is -0.494 e. The first-order chi connectivity index (χ1) is 13.8. The van der Waals surface area contributed by atoms with E-state index in [0.717, 1.165) is 16.7 Å². The number of fused-ring (bicyclic) bond motifs is 1. The second kappa shape index (κ2) is 8.36. The molecule has 152 valence electrons. The molecule has 3 rings (SSSR count). The number of primary amides is 1. The number of hydrogen-bond acceptors (Lipinski definition) is 7. The summed E-state index contributed by atoms with van der Waals surface area (Å²) < 4.78 is 16.3. The van der Waals surface area contributed by atoms with E-state index in [-0.39, 0.29) is 11.3 Å². The van der Waals surface area contributed by atoms with Gasteiger partial charge in [0, 0.05) is 10.9 Å². The Kier molecular flexibility index (Phi) is 5.88. The number of carbonyl (C=O) groups excluding carboxylic acids is 3. The normalized spacial score (nSPS) is 11.8. The van der Waals surface area contributed by atoms with Crippen molar-refractivity contribution in [2.24, 2.45) is 5.73 Å². The molecule has 0 spiro atoms. The van der Waals surface area contributed by atoms with Gasteiger partial charge in [0.25, 0.3) is 11.8 Å². The summed E-state index contributed by atoms with van der Waals surface area (Å²) in [5, 5.41) is 5.20. The number of thiophene rings is 1. The molecule has 0 fully saturated rings. The van der Waals surface area contributed by atoms with Crippen LogP contribution in [0.2, 0.25) is 0 Å². The van der Waals surface area contributed by atoms with E-state index in [4.69, 9.17) is 19.6 Å². The molecule has 29 heavy (non-hydrogen) atoms. The lowest BCUT2D eigenvalue weighted by Gasteiger charge is -2.12. The van der Waals surface area contributed by atoms with Gasteiger partial charge in [-0.15, -0.1) is 11.3 Å². The number of nitrogens with one attached hydrogen (secondary N) is 1. The molecule has 3 aromatic rings. The van der Waals surface area contributed by atoms with E-state index >= 15 is 0 Å². The van der Waals surface area contributed by atoms with E-state index in [2.05, 4.69) is 5.32 Å². The van der Waals surface area contributed by atoms with E-state index in [1.807, 2.05) is 6.92 Å². The first-order valence-corrected chi connectivity index (χ1v) is 9.74. The molecule has 2 amide bonds. The van der Waals surface area contributed by atoms with Crippen molar-refractivity contribution in [1.29, 1.82) is 0 Å². The van der Waals surface area contributed by atoms with Gasteiger partial charge in [-0.05, 0) is 50.4 Å². The number of nitrogens with two attached hydrogens (primary N) is 1. The third-order valence-corrected chi connectivity index (χ3v) is 5.05. The standard InChI is InChI=1S/C20H20N2O6S/c1-4-26-12-5-6-15-14(9-12)10(2)16(28-15)20(25)27-11(3)18(24)22-19-13(17(21)23)7-8-29-19/h5-9,11H,4H2,1-3H3,(H2,21,23)(H,22,24)/t11-/m1/s1. The molecule has 3 N–H and O–H groups in total. The number of ether oxygens (including phenoxy) is 2. The average Bonchev–Trinajstić information content (AvgIpc) is 3.27. The van der Waals surface area contributed by atoms with Crippen LogP contribution in [0.15, 0.2) is 34.1 Å². The largest absolute Gasteiger partial charge is 0.494 e. The lowest BCUT2D eigenvalue weighted by atomic mass is 10.1. The minimum absolute atomic E-state index is 0.0160. The van der Waals surface area contributed by atoms with Crippen LogP contribution in [0.4, 0.5) is 5.00 Å². The number of rotatable bonds is 7. The van der Waals surface area contributed by atoms with Crippen LogP contribution in [0.5, 0.6) is 5.75 Å². The first kappa shape index (κ1) is 20.4. The van der Waals surface area contributed by atoms with Gasteiger partial charge < -0.3 is 24.9 Å². The predicted octanol–water partition coefficient (Wildman–Crippen LogP) is 3.48. The highest BCUT2D eigenvalue weighted by atomic mass is 32.1. The van der Waals surface area contributed by atoms with E-state index in [0.29, 0.717) is 28.5 Å². The highest BCUT2D eigenvalue weighted by Gasteiger charge is 2.25. The summed E-state index contributed by atoms with van der Waals surface area (Å²) in [4.78, 5) is 36.2. The number of benzene rings is 1. The van der Waals surface area contributed by atoms with E-state index in [1.165, 1.54) is 13.0 Å². The van der Waals surface area contributed by atoms with Gasteiger partial charge in [0.1, 0.15) is 16.3 Å². The Morgan fingerprint density at radius 3 is 2.72 bits per heavy atom. The molecule has 1 aromatic carbocycles. The summed E-state index contributed by atoms with van der Waals surface area (Å²) >= 11 is 1.15. The van der Waals surface area contributed by atoms with Crippen LogP contribution < -0.4 is 15.8 Å². The van der Waals surface area contributed by atoms with Crippen LogP contribution >= 0.6 is 11.3 Å². The molecule has 0 bridgehead atoms. The molecule has 2 heterocycles. The highest BCUT2D eigenvalue weighted by molar-refractivity contribution is 7.14. The fourth-order valence-electron chi connectivity index (χ4n) is 2.73. The van der Waals surface area contributed by atoms with Crippen LogP contribution in [-0.4, -0.2) is 30.5 Å². The number of hydrogen-bond donors (Lipinski definition) is 2. The quantitative estimate of drug-likeness (QED) is 0.569. The Labute approximate surface area is 170 Å². The number of aryl methyl sites for hydroxylation is 1. The summed E-state index contributed by atoms with van der Waals surface area (Å²) in [7, 11) is 0. The van der Waals surface area contributed by atoms with Gasteiger partial charge in [-0.3, -0.25) is 9.59 Å². The van der Waals surface area contributed by atoms with Gasteiger partial charge >= 0.3 is 5.97 Å². The smallest absolute Gasteiger partial charge is 0.375 e. The Morgan fingerprint density at radius 1 is 1.28 bits per heavy atom. The number of amides is 2. The third kappa shape index (κ3) is 4.24. The van der Waals surface area contributed by atoms with Crippen LogP contribution in [0.25, 0.3) is 11.0 Å². The van der Waals surface area contributed by atoms with Crippen molar-refractivity contribution in [2.45, 2.75) is 26.9 Å². The predicted molar refractivity (Wildman–Crippen MR) is 108 cm³/mol. The van der Waals surface area contributed by atoms with Gasteiger partial charge in [0.05, 0.1) is 12.2 Å². The fraction of sp³-hybridized carbons (Fsp3) is 0.250. The topological polar surface area (TPSA) is 121 Å². The van der Waals surface area contributed by atoms with Crippen LogP contribution in [-0.2, 0) is 9.53 Å². The minimum atomic E-state index is -1.11. The molecule has 2 aromatic heterocycles. The van der Waals surface area contributed by atoms with Crippen LogP contribution in [0.1, 0.15) is 40.3 Å². The number of esters is 1. The zero-order valence-electron chi connectivity index (χ0n) is 16.1. The lowest BCUT2D eigenvalue weighted by molar-refractivity contribution is -0.123. The summed E-state index contributed by atoms with van der Waals surface area (Å²) in [6.07, 6.45) is -1.11. The van der Waals surface area contributed by atoms with Crippen molar-refractivity contribution >= 4 is 45.1 Å². The molecular weight excluding hydrogens is 396 g/mol. The van der Waals surface area contributed by atoms with Crippen molar-refractivity contribution in [1.82, 2.24) is 0 Å². The molecule has 8 nitrogen and oxygen atoms in total. The van der Waals surface area contributed by atoms with E-state index < -0.39 is 23.9 Å². The Hall–Kier alpha value is -3.33. The maximum atomic E-state index is 12.5. The van der Waals surface area contributed by atoms with Gasteiger partial charge in [0.15, 0.2) is 6.10 Å². The van der Waals surface area contributed by atoms with Crippen molar-refractivity contribution in [3.05, 3.63) is 46.5 Å². The summed E-state index contributed by atoms with van der Waals surface area (Å²) in [6.45, 7) is 5.56. The molecule has 1 atom stereocenters. The molecule has 9 heteroatoms. The van der Waals surface area contributed by atoms with E-state index in [9.17, 15) is 14.4 Å². The second-order valence-electron chi connectivity index (χ2n) is 6.21. The average molecular weight is 416 g/mol. The van der Waals surface area contributed by atoms with Crippen molar-refractivity contribution in [3.8, 4) is 5.75 Å². The number of carbonyl (C=O) groups is 3. The van der Waals surface area contributed by atoms with E-state index in [1.54, 1.807) is 30.5 Å². The molecule has 0 unspecified atom stereocenters. The van der Waals surface area contributed by atoms with Crippen molar-refractivity contribution < 1.29 is 28.3 Å². The summed E-state index contributed by atoms with van der Waals surface area (Å²) in [6, 6.07) is 6.75. The number of furan rings is 1. The second-order valence-corrected chi connectivity index (χ2v) is 7.13. The molecule has 0 radical (unpaired) electrons.